The van der Waals surface area contributed by atoms with E-state index < -0.39 is 34.5 Å². The second-order valence-electron chi connectivity index (χ2n) is 7.60. The number of hydrogen-bond donors (Lipinski definition) is 2. The lowest BCUT2D eigenvalue weighted by Crippen LogP contribution is -2.32. The zero-order valence-corrected chi connectivity index (χ0v) is 19.2. The van der Waals surface area contributed by atoms with E-state index in [4.69, 9.17) is 16.3 Å². The Balaban J connectivity index is 1.84. The van der Waals surface area contributed by atoms with Crippen LogP contribution in [0.15, 0.2) is 36.4 Å². The Labute approximate surface area is 195 Å². The Morgan fingerprint density at radius 2 is 1.79 bits per heavy atom. The minimum Gasteiger partial charge on any atom is -0.466 e. The molecule has 3 rings (SSSR count). The Morgan fingerprint density at radius 1 is 1.15 bits per heavy atom. The van der Waals surface area contributed by atoms with Gasteiger partial charge < -0.3 is 19.7 Å². The zero-order valence-electron chi connectivity index (χ0n) is 18.5. The van der Waals surface area contributed by atoms with Crippen molar-refractivity contribution in [2.75, 3.05) is 13.2 Å². The van der Waals surface area contributed by atoms with E-state index in [-0.39, 0.29) is 29.2 Å². The van der Waals surface area contributed by atoms with Gasteiger partial charge in [-0.1, -0.05) is 42.8 Å². The van der Waals surface area contributed by atoms with Gasteiger partial charge in [0, 0.05) is 18.5 Å². The molecule has 3 aromatic rings. The number of ether oxygens (including phenoxy) is 1. The molecule has 0 bridgehead atoms. The number of carbonyl (C=O) groups excluding carboxylic acids is 2. The van der Waals surface area contributed by atoms with Gasteiger partial charge in [-0.3, -0.25) is 9.59 Å². The summed E-state index contributed by atoms with van der Waals surface area (Å²) in [5.74, 6) is -3.54. The number of rotatable bonds is 8. The van der Waals surface area contributed by atoms with Crippen LogP contribution in [0.4, 0.5) is 8.78 Å². The fraction of sp³-hybridized carbons (Fsp3) is 0.333. The van der Waals surface area contributed by atoms with Crippen molar-refractivity contribution in [2.45, 2.75) is 32.2 Å². The molecule has 2 atom stereocenters. The zero-order chi connectivity index (χ0) is 24.3. The van der Waals surface area contributed by atoms with E-state index in [0.29, 0.717) is 18.6 Å². The van der Waals surface area contributed by atoms with Crippen LogP contribution in [0.5, 0.6) is 0 Å². The van der Waals surface area contributed by atoms with Crippen molar-refractivity contribution in [3.63, 3.8) is 0 Å². The molecule has 2 aromatic carbocycles. The number of aryl methyl sites for hydroxylation is 1. The predicted molar refractivity (Wildman–Crippen MR) is 121 cm³/mol. The Hall–Kier alpha value is -2.97. The number of benzene rings is 2. The highest BCUT2D eigenvalue weighted by molar-refractivity contribution is 6.35. The van der Waals surface area contributed by atoms with Gasteiger partial charge in [-0.2, -0.15) is 0 Å². The molecule has 33 heavy (non-hydrogen) atoms. The van der Waals surface area contributed by atoms with Gasteiger partial charge in [0.05, 0.1) is 35.7 Å². The fourth-order valence-corrected chi connectivity index (χ4v) is 4.04. The highest BCUT2D eigenvalue weighted by Gasteiger charge is 2.23. The minimum absolute atomic E-state index is 0.125. The number of carbonyl (C=O) groups is 2. The van der Waals surface area contributed by atoms with Crippen LogP contribution in [-0.2, 0) is 16.6 Å². The SMILES string of the molecule is CCOC(=O)C(CC)c1ccc([C@@H](CO)NC(=O)c2cc3c(Cl)c(F)c(F)cc3n2C)cc1. The molecule has 1 amide bonds. The number of halogens is 3. The van der Waals surface area contributed by atoms with Gasteiger partial charge in [0.15, 0.2) is 11.6 Å². The summed E-state index contributed by atoms with van der Waals surface area (Å²) in [6.07, 6.45) is 0.573. The van der Waals surface area contributed by atoms with E-state index in [1.165, 1.54) is 17.7 Å². The standard InChI is InChI=1S/C24H25ClF2N2O4/c1-4-15(24(32)33-5-2)13-6-8-14(9-7-13)18(12-30)28-23(31)20-10-16-19(29(20)3)11-17(26)22(27)21(16)25/h6-11,15,18,30H,4-5,12H2,1-3H3,(H,28,31)/t15?,18-/m1/s1. The van der Waals surface area contributed by atoms with Crippen LogP contribution in [0, 0.1) is 11.6 Å². The van der Waals surface area contributed by atoms with Crippen LogP contribution in [0.1, 0.15) is 53.8 Å². The predicted octanol–water partition coefficient (Wildman–Crippen LogP) is 4.63. The molecular formula is C24H25ClF2N2O4. The number of esters is 1. The van der Waals surface area contributed by atoms with Crippen molar-refractivity contribution in [2.24, 2.45) is 7.05 Å². The lowest BCUT2D eigenvalue weighted by Gasteiger charge is -2.19. The van der Waals surface area contributed by atoms with Crippen LogP contribution in [-0.4, -0.2) is 34.8 Å². The average molecular weight is 479 g/mol. The first-order valence-electron chi connectivity index (χ1n) is 10.5. The minimum atomic E-state index is -1.18. The van der Waals surface area contributed by atoms with Crippen molar-refractivity contribution >= 4 is 34.4 Å². The van der Waals surface area contributed by atoms with Gasteiger partial charge in [0.1, 0.15) is 5.69 Å². The van der Waals surface area contributed by atoms with Crippen molar-refractivity contribution in [1.29, 1.82) is 0 Å². The maximum atomic E-state index is 13.8. The molecular weight excluding hydrogens is 454 g/mol. The van der Waals surface area contributed by atoms with E-state index >= 15 is 0 Å². The van der Waals surface area contributed by atoms with Crippen molar-refractivity contribution in [3.8, 4) is 0 Å². The van der Waals surface area contributed by atoms with Gasteiger partial charge in [-0.15, -0.1) is 0 Å². The van der Waals surface area contributed by atoms with Gasteiger partial charge in [-0.25, -0.2) is 8.78 Å². The quantitative estimate of drug-likeness (QED) is 0.365. The summed E-state index contributed by atoms with van der Waals surface area (Å²) in [6.45, 7) is 3.55. The molecule has 0 radical (unpaired) electrons. The molecule has 9 heteroatoms. The summed E-state index contributed by atoms with van der Waals surface area (Å²) in [7, 11) is 1.54. The van der Waals surface area contributed by atoms with Crippen LogP contribution in [0.25, 0.3) is 10.9 Å². The lowest BCUT2D eigenvalue weighted by atomic mass is 9.94. The largest absolute Gasteiger partial charge is 0.466 e. The number of nitrogens with zero attached hydrogens (tertiary/aromatic N) is 1. The summed E-state index contributed by atoms with van der Waals surface area (Å²) >= 11 is 5.91. The first-order valence-corrected chi connectivity index (χ1v) is 10.9. The number of aliphatic hydroxyl groups is 1. The summed E-state index contributed by atoms with van der Waals surface area (Å²) in [5, 5.41) is 12.4. The number of nitrogens with one attached hydrogen (secondary N) is 1. The smallest absolute Gasteiger partial charge is 0.313 e. The normalized spacial score (nSPS) is 13.1. The first-order chi connectivity index (χ1) is 15.7. The molecule has 0 fully saturated rings. The highest BCUT2D eigenvalue weighted by Crippen LogP contribution is 2.31. The third kappa shape index (κ3) is 4.86. The second-order valence-corrected chi connectivity index (χ2v) is 7.97. The van der Waals surface area contributed by atoms with Crippen molar-refractivity contribution in [1.82, 2.24) is 9.88 Å². The molecule has 0 spiro atoms. The van der Waals surface area contributed by atoms with Gasteiger partial charge in [0.25, 0.3) is 5.91 Å². The van der Waals surface area contributed by atoms with Crippen LogP contribution >= 0.6 is 11.6 Å². The third-order valence-corrected chi connectivity index (χ3v) is 5.99. The number of aromatic nitrogens is 1. The Morgan fingerprint density at radius 3 is 2.36 bits per heavy atom. The van der Waals surface area contributed by atoms with Gasteiger partial charge in [-0.05, 0) is 30.5 Å². The summed E-state index contributed by atoms with van der Waals surface area (Å²) < 4.78 is 34.1. The molecule has 1 heterocycles. The molecule has 0 aliphatic heterocycles. The lowest BCUT2D eigenvalue weighted by molar-refractivity contribution is -0.145. The molecule has 0 aliphatic rings. The molecule has 1 aromatic heterocycles. The Kier molecular flexibility index (Phi) is 7.71. The number of fused-ring (bicyclic) bond motifs is 1. The average Bonchev–Trinajstić information content (AvgIpc) is 3.13. The number of amides is 1. The molecule has 1 unspecified atom stereocenters. The van der Waals surface area contributed by atoms with Crippen LogP contribution in [0.3, 0.4) is 0 Å². The van der Waals surface area contributed by atoms with Crippen molar-refractivity contribution < 1.29 is 28.2 Å². The maximum absolute atomic E-state index is 13.8. The van der Waals surface area contributed by atoms with Crippen LogP contribution in [0.2, 0.25) is 5.02 Å². The van der Waals surface area contributed by atoms with E-state index in [9.17, 15) is 23.5 Å². The number of aliphatic hydroxyl groups excluding tert-OH is 1. The van der Waals surface area contributed by atoms with E-state index in [1.807, 2.05) is 6.92 Å². The van der Waals surface area contributed by atoms with E-state index in [2.05, 4.69) is 5.32 Å². The maximum Gasteiger partial charge on any atom is 0.313 e. The molecule has 6 nitrogen and oxygen atoms in total. The second kappa shape index (κ2) is 10.3. The molecule has 2 N–H and O–H groups in total. The highest BCUT2D eigenvalue weighted by atomic mass is 35.5. The third-order valence-electron chi connectivity index (χ3n) is 5.62. The summed E-state index contributed by atoms with van der Waals surface area (Å²) in [5.41, 5.74) is 1.79. The Bertz CT molecular complexity index is 1180. The van der Waals surface area contributed by atoms with E-state index in [0.717, 1.165) is 11.6 Å². The summed E-state index contributed by atoms with van der Waals surface area (Å²) in [6, 6.07) is 8.58. The van der Waals surface area contributed by atoms with Gasteiger partial charge in [0.2, 0.25) is 0 Å². The molecule has 176 valence electrons. The molecule has 0 saturated carbocycles. The monoisotopic (exact) mass is 478 g/mol. The van der Waals surface area contributed by atoms with Crippen molar-refractivity contribution in [3.05, 3.63) is 69.9 Å². The first kappa shape index (κ1) is 24.7. The van der Waals surface area contributed by atoms with E-state index in [1.54, 1.807) is 31.2 Å². The van der Waals surface area contributed by atoms with Gasteiger partial charge >= 0.3 is 5.97 Å². The topological polar surface area (TPSA) is 80.6 Å². The summed E-state index contributed by atoms with van der Waals surface area (Å²) in [4.78, 5) is 25.1. The van der Waals surface area contributed by atoms with Crippen LogP contribution < -0.4 is 5.32 Å². The fourth-order valence-electron chi connectivity index (χ4n) is 3.80. The molecule has 0 aliphatic carbocycles. The number of hydrogen-bond acceptors (Lipinski definition) is 4. The molecule has 0 saturated heterocycles.